The van der Waals surface area contributed by atoms with Crippen LogP contribution in [0, 0.1) is 0 Å². The van der Waals surface area contributed by atoms with Gasteiger partial charge in [-0.2, -0.15) is 0 Å². The molecule has 0 spiro atoms. The van der Waals surface area contributed by atoms with E-state index in [2.05, 4.69) is 89.9 Å². The third-order valence-electron chi connectivity index (χ3n) is 8.34. The Hall–Kier alpha value is -5.78. The van der Waals surface area contributed by atoms with Crippen LogP contribution < -0.4 is 0 Å². The van der Waals surface area contributed by atoms with Crippen molar-refractivity contribution in [1.29, 1.82) is 0 Å². The maximum absolute atomic E-state index is 5.22. The summed E-state index contributed by atoms with van der Waals surface area (Å²) in [7, 11) is 0. The van der Waals surface area contributed by atoms with E-state index in [1.165, 1.54) is 30.9 Å². The average Bonchev–Trinajstić information content (AvgIpc) is 3.51. The summed E-state index contributed by atoms with van der Waals surface area (Å²) in [5.41, 5.74) is 7.46. The van der Waals surface area contributed by atoms with E-state index in [9.17, 15) is 0 Å². The van der Waals surface area contributed by atoms with E-state index in [0.717, 1.165) is 50.4 Å². The largest absolute Gasteiger partial charge is 0.255 e. The first-order valence-corrected chi connectivity index (χ1v) is 15.7. The molecule has 0 amide bonds. The number of hydrogen-bond donors (Lipinski definition) is 0. The molecule has 0 aliphatic carbocycles. The molecule has 0 radical (unpaired) electrons. The highest BCUT2D eigenvalue weighted by Crippen LogP contribution is 2.43. The molecule has 5 aromatic carbocycles. The lowest BCUT2D eigenvalue weighted by molar-refractivity contribution is 1.16. The first kappa shape index (κ1) is 25.7. The van der Waals surface area contributed by atoms with Crippen LogP contribution in [0.15, 0.2) is 146 Å². The van der Waals surface area contributed by atoms with E-state index < -0.39 is 0 Å². The van der Waals surface area contributed by atoms with Crippen molar-refractivity contribution in [3.63, 3.8) is 0 Å². The predicted molar refractivity (Wildman–Crippen MR) is 187 cm³/mol. The minimum absolute atomic E-state index is 0.673. The Balaban J connectivity index is 1.22. The van der Waals surface area contributed by atoms with Gasteiger partial charge in [0.15, 0.2) is 5.82 Å². The first-order chi connectivity index (χ1) is 22.3. The molecule has 210 valence electrons. The molecule has 9 aromatic rings. The fourth-order valence-corrected chi connectivity index (χ4v) is 7.35. The van der Waals surface area contributed by atoms with Crippen molar-refractivity contribution in [3.8, 4) is 45.3 Å². The highest BCUT2D eigenvalue weighted by Gasteiger charge is 2.17. The average molecular weight is 593 g/mol. The minimum atomic E-state index is 0.673. The van der Waals surface area contributed by atoms with Crippen molar-refractivity contribution in [3.05, 3.63) is 146 Å². The van der Waals surface area contributed by atoms with Gasteiger partial charge >= 0.3 is 0 Å². The lowest BCUT2D eigenvalue weighted by atomic mass is 9.95. The molecule has 0 saturated carbocycles. The topological polar surface area (TPSA) is 51.6 Å². The van der Waals surface area contributed by atoms with Gasteiger partial charge in [0.25, 0.3) is 0 Å². The molecule has 0 saturated heterocycles. The van der Waals surface area contributed by atoms with Crippen LogP contribution in [-0.2, 0) is 0 Å². The van der Waals surface area contributed by atoms with Crippen molar-refractivity contribution in [1.82, 2.24) is 19.9 Å². The molecule has 0 unspecified atom stereocenters. The zero-order valence-corrected chi connectivity index (χ0v) is 24.9. The maximum atomic E-state index is 5.22. The second-order valence-corrected chi connectivity index (χ2v) is 12.1. The van der Waals surface area contributed by atoms with E-state index in [-0.39, 0.29) is 0 Å². The van der Waals surface area contributed by atoms with Gasteiger partial charge in [-0.3, -0.25) is 4.98 Å². The second kappa shape index (κ2) is 10.4. The minimum Gasteiger partial charge on any atom is -0.255 e. The highest BCUT2D eigenvalue weighted by atomic mass is 32.1. The number of fused-ring (bicyclic) bond motifs is 7. The quantitative estimate of drug-likeness (QED) is 0.191. The molecule has 9 rings (SSSR count). The van der Waals surface area contributed by atoms with Gasteiger partial charge in [-0.15, -0.1) is 11.3 Å². The summed E-state index contributed by atoms with van der Waals surface area (Å²) in [5.74, 6) is 0.673. The van der Waals surface area contributed by atoms with E-state index >= 15 is 0 Å². The standard InChI is InChI=1S/C40H24N4S/c1-2-10-27(11-3-1)40-43-33(24-34(44-40)32-15-8-9-23-41-32)25-17-19-26(20-18-25)39-30-21-22-36-38(29-13-5-7-16-35(29)45-36)37(30)28-12-4-6-14-31(28)42-39/h1-24H. The van der Waals surface area contributed by atoms with Crippen LogP contribution in [0.1, 0.15) is 0 Å². The molecule has 45 heavy (non-hydrogen) atoms. The number of para-hydroxylation sites is 1. The Morgan fingerprint density at radius 2 is 1.16 bits per heavy atom. The molecule has 0 aliphatic rings. The van der Waals surface area contributed by atoms with Gasteiger partial charge in [-0.25, -0.2) is 15.0 Å². The summed E-state index contributed by atoms with van der Waals surface area (Å²) in [6.07, 6.45) is 1.79. The predicted octanol–water partition coefficient (Wildman–Crippen LogP) is 10.6. The summed E-state index contributed by atoms with van der Waals surface area (Å²) in [4.78, 5) is 19.7. The van der Waals surface area contributed by atoms with Crippen LogP contribution in [0.25, 0.3) is 87.1 Å². The number of hydrogen-bond acceptors (Lipinski definition) is 5. The summed E-state index contributed by atoms with van der Waals surface area (Å²) in [5, 5.41) is 6.20. The molecule has 4 aromatic heterocycles. The Kier molecular flexibility index (Phi) is 5.96. The lowest BCUT2D eigenvalue weighted by Crippen LogP contribution is -1.97. The van der Waals surface area contributed by atoms with Gasteiger partial charge in [0.2, 0.25) is 0 Å². The monoisotopic (exact) mass is 592 g/mol. The Morgan fingerprint density at radius 3 is 2.00 bits per heavy atom. The Labute approximate surface area is 263 Å². The third-order valence-corrected chi connectivity index (χ3v) is 9.48. The smallest absolute Gasteiger partial charge is 0.160 e. The lowest BCUT2D eigenvalue weighted by Gasteiger charge is -2.13. The molecule has 0 N–H and O–H groups in total. The van der Waals surface area contributed by atoms with Crippen molar-refractivity contribution in [2.24, 2.45) is 0 Å². The Morgan fingerprint density at radius 1 is 0.422 bits per heavy atom. The van der Waals surface area contributed by atoms with Crippen LogP contribution in [0.2, 0.25) is 0 Å². The third kappa shape index (κ3) is 4.36. The highest BCUT2D eigenvalue weighted by molar-refractivity contribution is 7.26. The number of thiophene rings is 1. The zero-order chi connectivity index (χ0) is 29.7. The summed E-state index contributed by atoms with van der Waals surface area (Å²) < 4.78 is 2.60. The summed E-state index contributed by atoms with van der Waals surface area (Å²) >= 11 is 1.85. The fraction of sp³-hybridized carbons (Fsp3) is 0. The number of aromatic nitrogens is 4. The van der Waals surface area contributed by atoms with Crippen molar-refractivity contribution < 1.29 is 0 Å². The summed E-state index contributed by atoms with van der Waals surface area (Å²) in [6, 6.07) is 48.3. The fourth-order valence-electron chi connectivity index (χ4n) is 6.23. The van der Waals surface area contributed by atoms with E-state index in [1.54, 1.807) is 6.20 Å². The molecule has 4 nitrogen and oxygen atoms in total. The molecular formula is C40H24N4S. The molecule has 0 atom stereocenters. The normalized spacial score (nSPS) is 11.6. The Bertz CT molecular complexity index is 2460. The molecule has 0 fully saturated rings. The van der Waals surface area contributed by atoms with Crippen molar-refractivity contribution in [2.75, 3.05) is 0 Å². The zero-order valence-electron chi connectivity index (χ0n) is 24.1. The van der Waals surface area contributed by atoms with E-state index in [1.807, 2.05) is 65.9 Å². The molecule has 4 heterocycles. The second-order valence-electron chi connectivity index (χ2n) is 11.1. The SMILES string of the molecule is c1ccc(-c2nc(-c3ccc(-c4nc5ccccc5c5c4ccc4sc6ccccc6c45)cc3)cc(-c3ccccn3)n2)cc1. The maximum Gasteiger partial charge on any atom is 0.160 e. The van der Waals surface area contributed by atoms with Crippen molar-refractivity contribution >= 4 is 53.2 Å². The van der Waals surface area contributed by atoms with Crippen LogP contribution in [-0.4, -0.2) is 19.9 Å². The molecule has 5 heteroatoms. The molecular weight excluding hydrogens is 569 g/mol. The van der Waals surface area contributed by atoms with Gasteiger partial charge in [0, 0.05) is 59.2 Å². The molecule has 0 aliphatic heterocycles. The van der Waals surface area contributed by atoms with Crippen LogP contribution >= 0.6 is 11.3 Å². The number of pyridine rings is 2. The first-order valence-electron chi connectivity index (χ1n) is 14.9. The number of benzene rings is 5. The van der Waals surface area contributed by atoms with Gasteiger partial charge in [0.05, 0.1) is 28.3 Å². The van der Waals surface area contributed by atoms with Gasteiger partial charge in [0.1, 0.15) is 0 Å². The van der Waals surface area contributed by atoms with E-state index in [0.29, 0.717) is 5.82 Å². The van der Waals surface area contributed by atoms with Crippen LogP contribution in [0.4, 0.5) is 0 Å². The van der Waals surface area contributed by atoms with Crippen molar-refractivity contribution in [2.45, 2.75) is 0 Å². The van der Waals surface area contributed by atoms with E-state index in [4.69, 9.17) is 15.0 Å². The van der Waals surface area contributed by atoms with Gasteiger partial charge < -0.3 is 0 Å². The number of nitrogens with zero attached hydrogens (tertiary/aromatic N) is 4. The molecule has 0 bridgehead atoms. The van der Waals surface area contributed by atoms with Gasteiger partial charge in [-0.1, -0.05) is 103 Å². The van der Waals surface area contributed by atoms with Crippen LogP contribution in [0.3, 0.4) is 0 Å². The van der Waals surface area contributed by atoms with Crippen LogP contribution in [0.5, 0.6) is 0 Å². The van der Waals surface area contributed by atoms with Gasteiger partial charge in [-0.05, 0) is 36.4 Å². The number of rotatable bonds is 4. The summed E-state index contributed by atoms with van der Waals surface area (Å²) in [6.45, 7) is 0.